The van der Waals surface area contributed by atoms with Gasteiger partial charge in [0.2, 0.25) is 5.91 Å². The van der Waals surface area contributed by atoms with Crippen LogP contribution < -0.4 is 10.1 Å². The van der Waals surface area contributed by atoms with Crippen molar-refractivity contribution in [1.29, 1.82) is 0 Å². The number of aromatic nitrogens is 1. The Balaban J connectivity index is 1.33. The number of carbonyl (C=O) groups excluding carboxylic acids is 1. The van der Waals surface area contributed by atoms with Gasteiger partial charge in [-0.2, -0.15) is 0 Å². The Labute approximate surface area is 165 Å². The lowest BCUT2D eigenvalue weighted by Gasteiger charge is -2.36. The second-order valence-electron chi connectivity index (χ2n) is 7.02. The summed E-state index contributed by atoms with van der Waals surface area (Å²) in [5, 5.41) is 5.65. The van der Waals surface area contributed by atoms with E-state index < -0.39 is 0 Å². The average Bonchev–Trinajstić information content (AvgIpc) is 2.77. The molecule has 0 radical (unpaired) electrons. The van der Waals surface area contributed by atoms with E-state index in [4.69, 9.17) is 4.74 Å². The first-order valence-electron chi connectivity index (χ1n) is 9.83. The van der Waals surface area contributed by atoms with Crippen molar-refractivity contribution in [1.82, 2.24) is 15.2 Å². The second kappa shape index (κ2) is 8.85. The highest BCUT2D eigenvalue weighted by Crippen LogP contribution is 2.26. The molecule has 1 unspecified atom stereocenters. The Kier molecular flexibility index (Phi) is 5.83. The summed E-state index contributed by atoms with van der Waals surface area (Å²) in [5.41, 5.74) is 1.08. The van der Waals surface area contributed by atoms with E-state index in [0.29, 0.717) is 19.4 Å². The molecule has 3 aromatic rings. The lowest BCUT2D eigenvalue weighted by atomic mass is 10.0. The lowest BCUT2D eigenvalue weighted by molar-refractivity contribution is -0.134. The van der Waals surface area contributed by atoms with Gasteiger partial charge in [-0.1, -0.05) is 42.5 Å². The number of rotatable bonds is 6. The number of nitrogens with zero attached hydrogens (tertiary/aromatic N) is 2. The van der Waals surface area contributed by atoms with E-state index in [2.05, 4.69) is 28.5 Å². The summed E-state index contributed by atoms with van der Waals surface area (Å²) in [5.74, 6) is 1.05. The van der Waals surface area contributed by atoms with Crippen LogP contribution >= 0.6 is 0 Å². The molecule has 4 rings (SSSR count). The van der Waals surface area contributed by atoms with Crippen LogP contribution in [-0.4, -0.2) is 42.0 Å². The third-order valence-corrected chi connectivity index (χ3v) is 5.18. The van der Waals surface area contributed by atoms with Gasteiger partial charge < -0.3 is 15.0 Å². The van der Waals surface area contributed by atoms with Gasteiger partial charge in [0.1, 0.15) is 5.75 Å². The molecule has 1 aromatic heterocycles. The first-order valence-corrected chi connectivity index (χ1v) is 9.83. The zero-order valence-electron chi connectivity index (χ0n) is 15.9. The molecule has 1 amide bonds. The Morgan fingerprint density at radius 1 is 1.14 bits per heavy atom. The van der Waals surface area contributed by atoms with Crippen LogP contribution in [0, 0.1) is 0 Å². The minimum absolute atomic E-state index is 0.0499. The molecule has 1 saturated heterocycles. The number of piperazine rings is 1. The molecule has 0 bridgehead atoms. The molecule has 2 heterocycles. The summed E-state index contributed by atoms with van der Waals surface area (Å²) < 4.78 is 5.98. The molecule has 0 aliphatic carbocycles. The van der Waals surface area contributed by atoms with Crippen molar-refractivity contribution >= 4 is 16.7 Å². The van der Waals surface area contributed by atoms with Crippen molar-refractivity contribution in [3.05, 3.63) is 72.6 Å². The zero-order valence-corrected chi connectivity index (χ0v) is 15.9. The summed E-state index contributed by atoms with van der Waals surface area (Å²) in [6, 6.07) is 18.3. The van der Waals surface area contributed by atoms with Gasteiger partial charge in [-0.25, -0.2) is 0 Å². The average molecular weight is 375 g/mol. The standard InChI is InChI=1S/C23H25N3O2/c27-23(26-14-13-25-17-21(26)19-8-4-12-24-16-19)11-5-15-28-22-10-3-7-18-6-1-2-9-20(18)22/h1-4,6-10,12,16,21,25H,5,11,13-15,17H2. The summed E-state index contributed by atoms with van der Waals surface area (Å²) in [7, 11) is 0. The molecule has 1 aliphatic rings. The summed E-state index contributed by atoms with van der Waals surface area (Å²) in [4.78, 5) is 19.0. The van der Waals surface area contributed by atoms with E-state index in [0.717, 1.165) is 41.7 Å². The summed E-state index contributed by atoms with van der Waals surface area (Å²) >= 11 is 0. The van der Waals surface area contributed by atoms with E-state index >= 15 is 0 Å². The maximum Gasteiger partial charge on any atom is 0.223 e. The highest BCUT2D eigenvalue weighted by molar-refractivity contribution is 5.88. The molecule has 1 atom stereocenters. The maximum atomic E-state index is 12.8. The first-order chi connectivity index (χ1) is 13.8. The van der Waals surface area contributed by atoms with E-state index in [1.807, 2.05) is 47.5 Å². The number of fused-ring (bicyclic) bond motifs is 1. The van der Waals surface area contributed by atoms with Crippen LogP contribution in [0.1, 0.15) is 24.4 Å². The Hall–Kier alpha value is -2.92. The van der Waals surface area contributed by atoms with Crippen molar-refractivity contribution in [3.8, 4) is 5.75 Å². The monoisotopic (exact) mass is 375 g/mol. The van der Waals surface area contributed by atoms with Crippen molar-refractivity contribution in [2.75, 3.05) is 26.2 Å². The van der Waals surface area contributed by atoms with Crippen molar-refractivity contribution in [2.24, 2.45) is 0 Å². The number of nitrogens with one attached hydrogen (secondary N) is 1. The van der Waals surface area contributed by atoms with Crippen LogP contribution in [0.4, 0.5) is 0 Å². The highest BCUT2D eigenvalue weighted by atomic mass is 16.5. The van der Waals surface area contributed by atoms with Crippen molar-refractivity contribution in [2.45, 2.75) is 18.9 Å². The van der Waals surface area contributed by atoms with Gasteiger partial charge in [0.25, 0.3) is 0 Å². The van der Waals surface area contributed by atoms with Gasteiger partial charge in [-0.3, -0.25) is 9.78 Å². The number of carbonyl (C=O) groups is 1. The first kappa shape index (κ1) is 18.4. The molecular formula is C23H25N3O2. The fraction of sp³-hybridized carbons (Fsp3) is 0.304. The number of amides is 1. The SMILES string of the molecule is O=C(CCCOc1cccc2ccccc12)N1CCNCC1c1cccnc1. The molecular weight excluding hydrogens is 350 g/mol. The number of ether oxygens (including phenoxy) is 1. The van der Waals surface area contributed by atoms with Gasteiger partial charge in [0.15, 0.2) is 0 Å². The van der Waals surface area contributed by atoms with E-state index in [1.165, 1.54) is 0 Å². The van der Waals surface area contributed by atoms with Crippen LogP contribution in [0.3, 0.4) is 0 Å². The normalized spacial score (nSPS) is 16.9. The number of hydrogen-bond acceptors (Lipinski definition) is 4. The van der Waals surface area contributed by atoms with E-state index in [-0.39, 0.29) is 11.9 Å². The van der Waals surface area contributed by atoms with Crippen LogP contribution in [0.15, 0.2) is 67.0 Å². The molecule has 5 nitrogen and oxygen atoms in total. The Morgan fingerprint density at radius 3 is 2.93 bits per heavy atom. The fourth-order valence-electron chi connectivity index (χ4n) is 3.74. The highest BCUT2D eigenvalue weighted by Gasteiger charge is 2.27. The van der Waals surface area contributed by atoms with Gasteiger partial charge >= 0.3 is 0 Å². The largest absolute Gasteiger partial charge is 0.493 e. The van der Waals surface area contributed by atoms with Crippen LogP contribution in [0.5, 0.6) is 5.75 Å². The molecule has 5 heteroatoms. The lowest BCUT2D eigenvalue weighted by Crippen LogP contribution is -2.48. The van der Waals surface area contributed by atoms with Crippen LogP contribution in [0.25, 0.3) is 10.8 Å². The summed E-state index contributed by atoms with van der Waals surface area (Å²) in [6.07, 6.45) is 4.80. The number of pyridine rings is 1. The van der Waals surface area contributed by atoms with E-state index in [1.54, 1.807) is 6.20 Å². The minimum atomic E-state index is 0.0499. The quantitative estimate of drug-likeness (QED) is 0.669. The van der Waals surface area contributed by atoms with Gasteiger partial charge in [0, 0.05) is 43.8 Å². The topological polar surface area (TPSA) is 54.5 Å². The molecule has 28 heavy (non-hydrogen) atoms. The van der Waals surface area contributed by atoms with E-state index in [9.17, 15) is 4.79 Å². The fourth-order valence-corrected chi connectivity index (χ4v) is 3.74. The molecule has 0 spiro atoms. The Morgan fingerprint density at radius 2 is 2.04 bits per heavy atom. The van der Waals surface area contributed by atoms with Gasteiger partial charge in [-0.05, 0) is 29.5 Å². The van der Waals surface area contributed by atoms with Gasteiger partial charge in [0.05, 0.1) is 12.6 Å². The van der Waals surface area contributed by atoms with Crippen LogP contribution in [0.2, 0.25) is 0 Å². The molecule has 144 valence electrons. The molecule has 0 saturated carbocycles. The molecule has 2 aromatic carbocycles. The second-order valence-corrected chi connectivity index (χ2v) is 7.02. The van der Waals surface area contributed by atoms with Gasteiger partial charge in [-0.15, -0.1) is 0 Å². The predicted molar refractivity (Wildman–Crippen MR) is 110 cm³/mol. The van der Waals surface area contributed by atoms with Crippen LogP contribution in [-0.2, 0) is 4.79 Å². The zero-order chi connectivity index (χ0) is 19.2. The number of benzene rings is 2. The summed E-state index contributed by atoms with van der Waals surface area (Å²) in [6.45, 7) is 2.85. The Bertz CT molecular complexity index is 924. The third kappa shape index (κ3) is 4.15. The maximum absolute atomic E-state index is 12.8. The minimum Gasteiger partial charge on any atom is -0.493 e. The molecule has 1 N–H and O–H groups in total. The molecule has 1 aliphatic heterocycles. The third-order valence-electron chi connectivity index (χ3n) is 5.18. The predicted octanol–water partition coefficient (Wildman–Crippen LogP) is 3.57. The number of hydrogen-bond donors (Lipinski definition) is 1. The smallest absolute Gasteiger partial charge is 0.223 e. The van der Waals surface area contributed by atoms with Crippen molar-refractivity contribution < 1.29 is 9.53 Å². The molecule has 1 fully saturated rings. The van der Waals surface area contributed by atoms with Crippen molar-refractivity contribution in [3.63, 3.8) is 0 Å².